The van der Waals surface area contributed by atoms with Crippen LogP contribution in [0.5, 0.6) is 5.88 Å². The second-order valence-electron chi connectivity index (χ2n) is 4.98. The SMILES string of the molecule is COc1cc(=O)[nH]c(S[C@H](C)C(=O)Nc2ccc(C(C)=O)cc2)n1. The molecule has 1 aromatic heterocycles. The zero-order valence-electron chi connectivity index (χ0n) is 13.5. The number of H-pyrrole nitrogens is 1. The lowest BCUT2D eigenvalue weighted by atomic mass is 10.1. The average molecular weight is 347 g/mol. The van der Waals surface area contributed by atoms with Crippen molar-refractivity contribution in [3.8, 4) is 5.88 Å². The smallest absolute Gasteiger partial charge is 0.255 e. The van der Waals surface area contributed by atoms with E-state index in [1.165, 1.54) is 20.1 Å². The van der Waals surface area contributed by atoms with E-state index in [0.717, 1.165) is 11.8 Å². The normalized spacial score (nSPS) is 11.6. The first-order valence-corrected chi connectivity index (χ1v) is 8.01. The van der Waals surface area contributed by atoms with Gasteiger partial charge in [0.1, 0.15) is 0 Å². The van der Waals surface area contributed by atoms with Crippen molar-refractivity contribution in [1.29, 1.82) is 0 Å². The number of ketones is 1. The summed E-state index contributed by atoms with van der Waals surface area (Å²) in [6.07, 6.45) is 0. The number of carbonyl (C=O) groups excluding carboxylic acids is 2. The van der Waals surface area contributed by atoms with Crippen LogP contribution in [0.4, 0.5) is 5.69 Å². The maximum atomic E-state index is 12.2. The molecule has 0 spiro atoms. The molecule has 1 amide bonds. The van der Waals surface area contributed by atoms with Crippen molar-refractivity contribution in [3.05, 3.63) is 46.2 Å². The summed E-state index contributed by atoms with van der Waals surface area (Å²) in [5, 5.41) is 2.56. The summed E-state index contributed by atoms with van der Waals surface area (Å²) in [7, 11) is 1.41. The largest absolute Gasteiger partial charge is 0.481 e. The van der Waals surface area contributed by atoms with E-state index in [2.05, 4.69) is 15.3 Å². The second kappa shape index (κ2) is 7.78. The van der Waals surface area contributed by atoms with Gasteiger partial charge in [-0.3, -0.25) is 14.4 Å². The highest BCUT2D eigenvalue weighted by Gasteiger charge is 2.16. The number of carbonyl (C=O) groups is 2. The number of ether oxygens (including phenoxy) is 1. The van der Waals surface area contributed by atoms with Crippen LogP contribution in [0.2, 0.25) is 0 Å². The highest BCUT2D eigenvalue weighted by molar-refractivity contribution is 8.00. The zero-order chi connectivity index (χ0) is 17.7. The van der Waals surface area contributed by atoms with Gasteiger partial charge < -0.3 is 15.0 Å². The van der Waals surface area contributed by atoms with Gasteiger partial charge in [-0.25, -0.2) is 0 Å². The maximum Gasteiger partial charge on any atom is 0.255 e. The number of nitrogens with zero attached hydrogens (tertiary/aromatic N) is 1. The third-order valence-electron chi connectivity index (χ3n) is 3.12. The Kier molecular flexibility index (Phi) is 5.75. The minimum absolute atomic E-state index is 0.0372. The average Bonchev–Trinajstić information content (AvgIpc) is 2.54. The number of aromatic amines is 1. The molecule has 0 unspecified atom stereocenters. The lowest BCUT2D eigenvalue weighted by Gasteiger charge is -2.12. The number of aromatic nitrogens is 2. The molecule has 0 bridgehead atoms. The number of anilines is 1. The summed E-state index contributed by atoms with van der Waals surface area (Å²) in [4.78, 5) is 41.6. The summed E-state index contributed by atoms with van der Waals surface area (Å²) < 4.78 is 4.93. The quantitative estimate of drug-likeness (QED) is 0.471. The standard InChI is InChI=1S/C16H17N3O4S/c1-9(20)11-4-6-12(7-5-11)17-15(22)10(2)24-16-18-13(21)8-14(19-16)23-3/h4-8,10H,1-3H3,(H,17,22)(H,18,19,21)/t10-/m1/s1. The summed E-state index contributed by atoms with van der Waals surface area (Å²) in [5.74, 6) is -0.0976. The second-order valence-corrected chi connectivity index (χ2v) is 6.31. The van der Waals surface area contributed by atoms with Crippen LogP contribution in [0.25, 0.3) is 0 Å². The lowest BCUT2D eigenvalue weighted by Crippen LogP contribution is -2.23. The van der Waals surface area contributed by atoms with Gasteiger partial charge in [0.25, 0.3) is 5.56 Å². The molecular weight excluding hydrogens is 330 g/mol. The van der Waals surface area contributed by atoms with Crippen molar-refractivity contribution in [2.24, 2.45) is 0 Å². The Hall–Kier alpha value is -2.61. The molecule has 2 N–H and O–H groups in total. The molecule has 0 fully saturated rings. The fourth-order valence-electron chi connectivity index (χ4n) is 1.83. The van der Waals surface area contributed by atoms with Crippen molar-refractivity contribution in [3.63, 3.8) is 0 Å². The van der Waals surface area contributed by atoms with Gasteiger partial charge in [-0.1, -0.05) is 11.8 Å². The van der Waals surface area contributed by atoms with Crippen LogP contribution in [0.3, 0.4) is 0 Å². The first kappa shape index (κ1) is 17.7. The van der Waals surface area contributed by atoms with Gasteiger partial charge in [-0.15, -0.1) is 0 Å². The Labute approximate surface area is 142 Å². The van der Waals surface area contributed by atoms with E-state index in [1.54, 1.807) is 31.2 Å². The Morgan fingerprint density at radius 3 is 2.54 bits per heavy atom. The zero-order valence-corrected chi connectivity index (χ0v) is 14.3. The van der Waals surface area contributed by atoms with Gasteiger partial charge in [0.15, 0.2) is 10.9 Å². The molecule has 0 radical (unpaired) electrons. The van der Waals surface area contributed by atoms with Crippen molar-refractivity contribution in [1.82, 2.24) is 9.97 Å². The van der Waals surface area contributed by atoms with Gasteiger partial charge in [0, 0.05) is 11.3 Å². The highest BCUT2D eigenvalue weighted by atomic mass is 32.2. The number of hydrogen-bond donors (Lipinski definition) is 2. The summed E-state index contributed by atoms with van der Waals surface area (Å²) in [6.45, 7) is 3.18. The summed E-state index contributed by atoms with van der Waals surface area (Å²) in [5.41, 5.74) is 0.815. The number of rotatable bonds is 6. The van der Waals surface area contributed by atoms with Gasteiger partial charge in [0.2, 0.25) is 11.8 Å². The molecule has 1 heterocycles. The summed E-state index contributed by atoms with van der Waals surface area (Å²) in [6, 6.07) is 7.86. The first-order chi connectivity index (χ1) is 11.4. The van der Waals surface area contributed by atoms with Crippen molar-refractivity contribution in [2.75, 3.05) is 12.4 Å². The van der Waals surface area contributed by atoms with Crippen LogP contribution >= 0.6 is 11.8 Å². The number of methoxy groups -OCH3 is 1. The molecule has 0 saturated carbocycles. The van der Waals surface area contributed by atoms with Crippen LogP contribution in [0.1, 0.15) is 24.2 Å². The molecule has 8 heteroatoms. The van der Waals surface area contributed by atoms with E-state index in [-0.39, 0.29) is 23.1 Å². The number of amides is 1. The van der Waals surface area contributed by atoms with Crippen molar-refractivity contribution < 1.29 is 14.3 Å². The lowest BCUT2D eigenvalue weighted by molar-refractivity contribution is -0.115. The molecule has 7 nitrogen and oxygen atoms in total. The Bertz CT molecular complexity index is 802. The fourth-order valence-corrected chi connectivity index (χ4v) is 2.63. The van der Waals surface area contributed by atoms with Crippen LogP contribution in [0.15, 0.2) is 40.3 Å². The fraction of sp³-hybridized carbons (Fsp3) is 0.250. The van der Waals surface area contributed by atoms with Gasteiger partial charge >= 0.3 is 0 Å². The first-order valence-electron chi connectivity index (χ1n) is 7.13. The van der Waals surface area contributed by atoms with E-state index in [1.807, 2.05) is 0 Å². The molecule has 126 valence electrons. The molecule has 2 rings (SSSR count). The molecule has 2 aromatic rings. The molecule has 0 saturated heterocycles. The van der Waals surface area contributed by atoms with Crippen LogP contribution in [-0.2, 0) is 4.79 Å². The van der Waals surface area contributed by atoms with Crippen LogP contribution in [-0.4, -0.2) is 34.0 Å². The molecular formula is C16H17N3O4S. The molecule has 24 heavy (non-hydrogen) atoms. The number of thioether (sulfide) groups is 1. The summed E-state index contributed by atoms with van der Waals surface area (Å²) >= 11 is 1.11. The predicted octanol–water partition coefficient (Wildman–Crippen LogP) is 2.10. The van der Waals surface area contributed by atoms with Crippen LogP contribution in [0, 0.1) is 0 Å². The Morgan fingerprint density at radius 1 is 1.29 bits per heavy atom. The molecule has 1 aromatic carbocycles. The van der Waals surface area contributed by atoms with Crippen molar-refractivity contribution in [2.45, 2.75) is 24.3 Å². The topological polar surface area (TPSA) is 101 Å². The maximum absolute atomic E-state index is 12.2. The monoisotopic (exact) mass is 347 g/mol. The highest BCUT2D eigenvalue weighted by Crippen LogP contribution is 2.21. The van der Waals surface area contributed by atoms with Gasteiger partial charge in [-0.05, 0) is 38.1 Å². The van der Waals surface area contributed by atoms with Crippen molar-refractivity contribution >= 4 is 29.1 Å². The van der Waals surface area contributed by atoms with Gasteiger partial charge in [0.05, 0.1) is 18.4 Å². The number of nitrogens with one attached hydrogen (secondary N) is 2. The number of Topliss-reactive ketones (excluding diaryl/α,β-unsaturated/α-hetero) is 1. The minimum atomic E-state index is -0.493. The van der Waals surface area contributed by atoms with E-state index < -0.39 is 5.25 Å². The molecule has 0 aliphatic heterocycles. The number of benzene rings is 1. The Morgan fingerprint density at radius 2 is 1.96 bits per heavy atom. The third-order valence-corrected chi connectivity index (χ3v) is 4.11. The van der Waals surface area contributed by atoms with E-state index in [4.69, 9.17) is 4.74 Å². The van der Waals surface area contributed by atoms with E-state index in [9.17, 15) is 14.4 Å². The van der Waals surface area contributed by atoms with Gasteiger partial charge in [-0.2, -0.15) is 4.98 Å². The third kappa shape index (κ3) is 4.69. The molecule has 0 aliphatic carbocycles. The van der Waals surface area contributed by atoms with E-state index in [0.29, 0.717) is 16.4 Å². The van der Waals surface area contributed by atoms with E-state index >= 15 is 0 Å². The predicted molar refractivity (Wildman–Crippen MR) is 91.8 cm³/mol. The molecule has 0 aliphatic rings. The minimum Gasteiger partial charge on any atom is -0.481 e. The molecule has 1 atom stereocenters. The number of hydrogen-bond acceptors (Lipinski definition) is 6. The van der Waals surface area contributed by atoms with Crippen LogP contribution < -0.4 is 15.6 Å². The Balaban J connectivity index is 2.03.